The highest BCUT2D eigenvalue weighted by molar-refractivity contribution is 14.2. The van der Waals surface area contributed by atoms with Crippen molar-refractivity contribution in [2.45, 2.75) is 0 Å². The molecule has 0 heterocycles. The Morgan fingerprint density at radius 1 is 2.25 bits per heavy atom. The maximum Gasteiger partial charge on any atom is 0.236 e. The smallest absolute Gasteiger partial charge is 0.148 e. The van der Waals surface area contributed by atoms with Gasteiger partial charge in [-0.15, -0.1) is 22.4 Å². The van der Waals surface area contributed by atoms with Gasteiger partial charge in [-0.1, -0.05) is 28.1 Å². The van der Waals surface area contributed by atoms with Gasteiger partial charge in [-0.05, 0) is 1.34 Å². The van der Waals surface area contributed by atoms with Crippen molar-refractivity contribution in [3.05, 3.63) is 0 Å². The van der Waals surface area contributed by atoms with E-state index in [9.17, 15) is 0 Å². The topological polar surface area (TPSA) is 0 Å². The normalized spacial score (nSPS) is 13.0. The predicted molar refractivity (Wildman–Crippen MR) is 43.5 cm³/mol. The van der Waals surface area contributed by atoms with Gasteiger partial charge in [0.2, 0.25) is 4.82 Å². The summed E-state index contributed by atoms with van der Waals surface area (Å²) >= 11 is 4.29. The molecule has 0 spiro atoms. The zero-order chi connectivity index (χ0) is 4.28. The van der Waals surface area contributed by atoms with Crippen LogP contribution in [0.15, 0.2) is 0 Å². The molecule has 0 saturated carbocycles. The standard InChI is InChI=1S/BH2I2P/c2-1-4-3/h1,4H/i1T. The Kier molecular flexibility index (Phi) is 5.11. The molecule has 0 aliphatic rings. The van der Waals surface area contributed by atoms with E-state index >= 15 is 0 Å². The zero-order valence-corrected chi connectivity index (χ0v) is 7.15. The highest BCUT2D eigenvalue weighted by Gasteiger charge is 1.66. The Morgan fingerprint density at radius 3 is 2.50 bits per heavy atom. The molecule has 0 fully saturated rings. The van der Waals surface area contributed by atoms with Gasteiger partial charge in [0.15, 0.2) is 0 Å². The molecule has 0 radical (unpaired) electrons. The van der Waals surface area contributed by atoms with E-state index in [0.717, 1.165) is 6.10 Å². The Balaban J connectivity index is 2.54. The third-order valence-electron chi connectivity index (χ3n) is 0.0412. The second-order valence-electron chi connectivity index (χ2n) is 0.218. The summed E-state index contributed by atoms with van der Waals surface area (Å²) in [4.78, 5) is 0.119. The largest absolute Gasteiger partial charge is 0.236 e. The van der Waals surface area contributed by atoms with Crippen LogP contribution < -0.4 is 0 Å². The summed E-state index contributed by atoms with van der Waals surface area (Å²) in [6, 6.07) is 0. The molecule has 0 nitrogen and oxygen atoms in total. The van der Waals surface area contributed by atoms with Crippen LogP contribution in [0.2, 0.25) is 0 Å². The van der Waals surface area contributed by atoms with Crippen molar-refractivity contribution in [3.8, 4) is 0 Å². The molecule has 0 N–H and O–H groups in total. The molecular formula is H2BI2P. The van der Waals surface area contributed by atoms with Crippen molar-refractivity contribution in [1.29, 1.82) is 1.34 Å². The van der Waals surface area contributed by atoms with Crippen LogP contribution in [0.4, 0.5) is 0 Å². The van der Waals surface area contributed by atoms with Gasteiger partial charge >= 0.3 is 0 Å². The maximum atomic E-state index is 6.82. The first-order chi connectivity index (χ1) is 2.27. The SMILES string of the molecule is [3H]B(I)PI. The Labute approximate surface area is 56.2 Å². The van der Waals surface area contributed by atoms with E-state index in [-0.39, 0.29) is 4.82 Å². The molecule has 0 aromatic heterocycles. The molecule has 0 aliphatic heterocycles. The molecule has 1 atom stereocenters. The van der Waals surface area contributed by atoms with Crippen LogP contribution in [0.5, 0.6) is 0 Å². The third-order valence-corrected chi connectivity index (χ3v) is 5.57. The molecular weight excluding hydrogens is 296 g/mol. The maximum absolute atomic E-state index is 6.82. The highest BCUT2D eigenvalue weighted by atomic mass is 127. The summed E-state index contributed by atoms with van der Waals surface area (Å²) in [6.45, 7) is 0. The number of rotatable bonds is 1. The second kappa shape index (κ2) is 4.95. The summed E-state index contributed by atoms with van der Waals surface area (Å²) in [5, 5.41) is 0. The Hall–Kier alpha value is 1.95. The average molecular weight is 300 g/mol. The van der Waals surface area contributed by atoms with Gasteiger partial charge < -0.3 is 0 Å². The summed E-state index contributed by atoms with van der Waals surface area (Å²) in [7, 11) is 0. The van der Waals surface area contributed by atoms with E-state index in [1.165, 1.54) is 0 Å². The summed E-state index contributed by atoms with van der Waals surface area (Å²) in [6.07, 6.45) is 0.738. The van der Waals surface area contributed by atoms with Gasteiger partial charge in [0.25, 0.3) is 0 Å². The predicted octanol–water partition coefficient (Wildman–Crippen LogP) is 1.72. The van der Waals surface area contributed by atoms with Crippen LogP contribution in [0.3, 0.4) is 0 Å². The molecule has 1 unspecified atom stereocenters. The monoisotopic (exact) mass is 300 g/mol. The Bertz CT molecular complexity index is 23.6. The van der Waals surface area contributed by atoms with E-state index in [1.54, 1.807) is 0 Å². The van der Waals surface area contributed by atoms with Crippen LogP contribution >= 0.6 is 50.5 Å². The molecule has 0 aromatic carbocycles. The van der Waals surface area contributed by atoms with Crippen molar-refractivity contribution in [3.63, 3.8) is 0 Å². The molecule has 0 saturated heterocycles. The zero-order valence-electron chi connectivity index (χ0n) is 2.83. The molecule has 4 heavy (non-hydrogen) atoms. The highest BCUT2D eigenvalue weighted by Crippen LogP contribution is 2.19. The molecule has 24 valence electrons. The van der Waals surface area contributed by atoms with Crippen molar-refractivity contribution in [1.82, 2.24) is 0 Å². The second-order valence-corrected chi connectivity index (χ2v) is 4.39. The van der Waals surface area contributed by atoms with Crippen LogP contribution in [-0.4, -0.2) is 6.15 Å². The van der Waals surface area contributed by atoms with Gasteiger partial charge in [0.1, 0.15) is 0 Å². The minimum atomic E-state index is 0.119. The van der Waals surface area contributed by atoms with Crippen molar-refractivity contribution in [2.75, 3.05) is 0 Å². The van der Waals surface area contributed by atoms with Crippen molar-refractivity contribution in [2.24, 2.45) is 0 Å². The average Bonchev–Trinajstić information content (AvgIpc) is 1.38. The van der Waals surface area contributed by atoms with Gasteiger partial charge in [-0.3, -0.25) is 0 Å². The molecule has 0 aromatic rings. The number of hydrogen-bond acceptors (Lipinski definition) is 0. The van der Waals surface area contributed by atoms with Gasteiger partial charge in [0, 0.05) is 0 Å². The fourth-order valence-electron chi connectivity index (χ4n) is 0. The lowest BCUT2D eigenvalue weighted by Crippen LogP contribution is -1.38. The van der Waals surface area contributed by atoms with Crippen LogP contribution in [0.1, 0.15) is 0 Å². The van der Waals surface area contributed by atoms with E-state index in [0.29, 0.717) is 0 Å². The first kappa shape index (κ1) is 4.12. The van der Waals surface area contributed by atoms with E-state index in [4.69, 9.17) is 1.34 Å². The van der Waals surface area contributed by atoms with Crippen LogP contribution in [0, 0.1) is 0 Å². The van der Waals surface area contributed by atoms with E-state index in [2.05, 4.69) is 44.4 Å². The minimum absolute atomic E-state index is 0.119. The van der Waals surface area contributed by atoms with E-state index < -0.39 is 0 Å². The summed E-state index contributed by atoms with van der Waals surface area (Å²) in [5.74, 6) is 0. The number of halogens is 2. The lowest BCUT2D eigenvalue weighted by Gasteiger charge is -1.60. The van der Waals surface area contributed by atoms with Crippen LogP contribution in [-0.2, 0) is 0 Å². The van der Waals surface area contributed by atoms with Gasteiger partial charge in [-0.2, -0.15) is 0 Å². The number of hydrogen-bond donors (Lipinski definition) is 0. The quantitative estimate of drug-likeness (QED) is 0.393. The lowest BCUT2D eigenvalue weighted by atomic mass is 10.8. The Morgan fingerprint density at radius 2 is 2.50 bits per heavy atom. The van der Waals surface area contributed by atoms with Crippen LogP contribution in [0.25, 0.3) is 0 Å². The molecule has 0 amide bonds. The lowest BCUT2D eigenvalue weighted by molar-refractivity contribution is 5.07. The first-order valence-electron chi connectivity index (χ1n) is 1.27. The van der Waals surface area contributed by atoms with Gasteiger partial charge in [0.05, 0.1) is 0 Å². The van der Waals surface area contributed by atoms with E-state index in [1.807, 2.05) is 0 Å². The fraction of sp³-hybridized carbons (Fsp3) is 0. The molecule has 0 aliphatic carbocycles. The fourth-order valence-corrected chi connectivity index (χ4v) is 0. The summed E-state index contributed by atoms with van der Waals surface area (Å²) in [5.41, 5.74) is 0. The molecule has 4 heteroatoms. The first-order valence-corrected chi connectivity index (χ1v) is 6.13. The third kappa shape index (κ3) is 3.95. The summed E-state index contributed by atoms with van der Waals surface area (Å²) < 4.78 is 6.82. The minimum Gasteiger partial charge on any atom is -0.148 e. The van der Waals surface area contributed by atoms with Crippen molar-refractivity contribution >= 4 is 55.3 Å². The van der Waals surface area contributed by atoms with Gasteiger partial charge in [-0.25, -0.2) is 0 Å². The van der Waals surface area contributed by atoms with Crippen molar-refractivity contribution < 1.29 is 0 Å². The molecule has 0 rings (SSSR count). The molecule has 0 bridgehead atoms.